The van der Waals surface area contributed by atoms with Gasteiger partial charge in [0.2, 0.25) is 0 Å². The number of benzene rings is 1. The second kappa shape index (κ2) is 4.99. The van der Waals surface area contributed by atoms with Gasteiger partial charge in [-0.1, -0.05) is 41.9 Å². The second-order valence-corrected chi connectivity index (χ2v) is 5.14. The summed E-state index contributed by atoms with van der Waals surface area (Å²) in [4.78, 5) is 17.0. The number of fused-ring (bicyclic) bond motifs is 1. The van der Waals surface area contributed by atoms with E-state index in [0.29, 0.717) is 10.7 Å². The van der Waals surface area contributed by atoms with E-state index in [4.69, 9.17) is 11.6 Å². The van der Waals surface area contributed by atoms with Crippen LogP contribution in [0.25, 0.3) is 11.0 Å². The average Bonchev–Trinajstić information content (AvgIpc) is 2.98. The highest BCUT2D eigenvalue weighted by Gasteiger charge is 2.09. The fourth-order valence-electron chi connectivity index (χ4n) is 1.78. The molecule has 3 rings (SSSR count). The summed E-state index contributed by atoms with van der Waals surface area (Å²) >= 11 is 7.55. The highest BCUT2D eigenvalue weighted by atomic mass is 35.5. The lowest BCUT2D eigenvalue weighted by molar-refractivity contribution is 0.104. The lowest BCUT2D eigenvalue weighted by Crippen LogP contribution is -1.93. The number of imidazole rings is 1. The summed E-state index contributed by atoms with van der Waals surface area (Å²) in [7, 11) is 0. The average molecular weight is 289 g/mol. The van der Waals surface area contributed by atoms with E-state index in [1.807, 2.05) is 34.2 Å². The third kappa shape index (κ3) is 2.32. The molecule has 0 spiro atoms. The van der Waals surface area contributed by atoms with E-state index in [9.17, 15) is 4.79 Å². The molecule has 94 valence electrons. The summed E-state index contributed by atoms with van der Waals surface area (Å²) in [6.45, 7) is 0. The molecule has 0 amide bonds. The first-order valence-corrected chi connectivity index (χ1v) is 6.90. The molecule has 2 aromatic heterocycles. The number of allylic oxidation sites excluding steroid dienone is 1. The number of halogens is 1. The van der Waals surface area contributed by atoms with Gasteiger partial charge in [-0.15, -0.1) is 11.3 Å². The monoisotopic (exact) mass is 288 g/mol. The first-order chi connectivity index (χ1) is 9.25. The third-order valence-corrected chi connectivity index (χ3v) is 3.74. The second-order valence-electron chi connectivity index (χ2n) is 3.91. The Kier molecular flexibility index (Phi) is 3.19. The number of carbonyl (C=O) groups excluding carboxylic acids is 1. The van der Waals surface area contributed by atoms with Gasteiger partial charge < -0.3 is 0 Å². The number of ketones is 1. The van der Waals surface area contributed by atoms with Crippen LogP contribution in [0.5, 0.6) is 0 Å². The van der Waals surface area contributed by atoms with E-state index < -0.39 is 0 Å². The largest absolute Gasteiger partial charge is 0.289 e. The lowest BCUT2D eigenvalue weighted by Gasteiger charge is -1.94. The molecule has 2 heterocycles. The van der Waals surface area contributed by atoms with Crippen molar-refractivity contribution in [2.45, 2.75) is 0 Å². The van der Waals surface area contributed by atoms with Gasteiger partial charge in [-0.25, -0.2) is 4.98 Å². The van der Waals surface area contributed by atoms with Gasteiger partial charge in [0.25, 0.3) is 0 Å². The molecule has 0 aliphatic rings. The van der Waals surface area contributed by atoms with Crippen molar-refractivity contribution in [2.75, 3.05) is 0 Å². The summed E-state index contributed by atoms with van der Waals surface area (Å²) in [6, 6.07) is 9.12. The van der Waals surface area contributed by atoms with Crippen LogP contribution in [0.1, 0.15) is 16.1 Å². The van der Waals surface area contributed by atoms with Crippen molar-refractivity contribution in [3.63, 3.8) is 0 Å². The zero-order chi connectivity index (χ0) is 13.2. The Bertz CT molecular complexity index is 758. The van der Waals surface area contributed by atoms with Gasteiger partial charge in [-0.05, 0) is 12.2 Å². The van der Waals surface area contributed by atoms with Crippen LogP contribution < -0.4 is 0 Å². The summed E-state index contributed by atoms with van der Waals surface area (Å²) in [5.41, 5.74) is 1.38. The van der Waals surface area contributed by atoms with E-state index >= 15 is 0 Å². The topological polar surface area (TPSA) is 34.4 Å². The molecule has 5 heteroatoms. The molecule has 0 aliphatic carbocycles. The van der Waals surface area contributed by atoms with E-state index in [1.165, 1.54) is 17.4 Å². The van der Waals surface area contributed by atoms with E-state index in [1.54, 1.807) is 18.2 Å². The first-order valence-electron chi connectivity index (χ1n) is 5.64. The van der Waals surface area contributed by atoms with Crippen LogP contribution >= 0.6 is 22.9 Å². The summed E-state index contributed by atoms with van der Waals surface area (Å²) < 4.78 is 1.86. The number of hydrogen-bond acceptors (Lipinski definition) is 3. The molecule has 19 heavy (non-hydrogen) atoms. The molecule has 3 nitrogen and oxygen atoms in total. The van der Waals surface area contributed by atoms with Gasteiger partial charge in [0, 0.05) is 17.1 Å². The Morgan fingerprint density at radius 3 is 2.89 bits per heavy atom. The van der Waals surface area contributed by atoms with Crippen molar-refractivity contribution in [3.8, 4) is 0 Å². The van der Waals surface area contributed by atoms with E-state index in [2.05, 4.69) is 4.98 Å². The summed E-state index contributed by atoms with van der Waals surface area (Å²) in [6.07, 6.45) is 5.10. The van der Waals surface area contributed by atoms with Crippen molar-refractivity contribution in [1.82, 2.24) is 9.38 Å². The van der Waals surface area contributed by atoms with Crippen molar-refractivity contribution in [3.05, 3.63) is 64.4 Å². The zero-order valence-corrected chi connectivity index (χ0v) is 11.4. The summed E-state index contributed by atoms with van der Waals surface area (Å²) in [5.74, 6) is -0.0538. The predicted molar refractivity (Wildman–Crippen MR) is 77.9 cm³/mol. The number of aromatic nitrogens is 2. The first kappa shape index (κ1) is 12.1. The van der Waals surface area contributed by atoms with Crippen LogP contribution in [-0.4, -0.2) is 15.2 Å². The van der Waals surface area contributed by atoms with Gasteiger partial charge in [0.1, 0.15) is 0 Å². The maximum Gasteiger partial charge on any atom is 0.195 e. The third-order valence-electron chi connectivity index (χ3n) is 2.71. The van der Waals surface area contributed by atoms with Crippen LogP contribution in [0.3, 0.4) is 0 Å². The Hall–Kier alpha value is -1.91. The Morgan fingerprint density at radius 2 is 2.11 bits per heavy atom. The van der Waals surface area contributed by atoms with Crippen molar-refractivity contribution in [1.29, 1.82) is 0 Å². The maximum absolute atomic E-state index is 12.0. The number of nitrogens with zero attached hydrogens (tertiary/aromatic N) is 2. The molecule has 3 aromatic rings. The molecule has 1 aromatic carbocycles. The molecule has 0 saturated carbocycles. The summed E-state index contributed by atoms with van der Waals surface area (Å²) in [5, 5.41) is 2.33. The normalized spacial score (nSPS) is 11.4. The molecule has 0 fully saturated rings. The number of rotatable bonds is 3. The Balaban J connectivity index is 1.92. The quantitative estimate of drug-likeness (QED) is 0.540. The standard InChI is InChI=1S/C14H9ClN2OS/c15-13-11(17-8-9-19-14(17)16-13)6-7-12(18)10-4-2-1-3-5-10/h1-9H. The Morgan fingerprint density at radius 1 is 1.32 bits per heavy atom. The van der Waals surface area contributed by atoms with E-state index in [0.717, 1.165) is 10.7 Å². The van der Waals surface area contributed by atoms with Crippen molar-refractivity contribution >= 4 is 39.8 Å². The minimum atomic E-state index is -0.0538. The smallest absolute Gasteiger partial charge is 0.195 e. The number of hydrogen-bond donors (Lipinski definition) is 0. The molecule has 0 radical (unpaired) electrons. The van der Waals surface area contributed by atoms with Crippen LogP contribution in [-0.2, 0) is 0 Å². The molecule has 0 saturated heterocycles. The van der Waals surface area contributed by atoms with Crippen LogP contribution in [0.15, 0.2) is 48.0 Å². The van der Waals surface area contributed by atoms with Crippen molar-refractivity contribution in [2.24, 2.45) is 0 Å². The minimum absolute atomic E-state index is 0.0538. The van der Waals surface area contributed by atoms with Gasteiger partial charge in [-0.3, -0.25) is 9.20 Å². The fourth-order valence-corrected chi connectivity index (χ4v) is 2.78. The molecular formula is C14H9ClN2OS. The molecule has 0 N–H and O–H groups in total. The molecule has 0 aliphatic heterocycles. The van der Waals surface area contributed by atoms with Crippen LogP contribution in [0.2, 0.25) is 5.15 Å². The minimum Gasteiger partial charge on any atom is -0.289 e. The van der Waals surface area contributed by atoms with E-state index in [-0.39, 0.29) is 5.78 Å². The zero-order valence-electron chi connectivity index (χ0n) is 9.79. The SMILES string of the molecule is O=C(C=Cc1c(Cl)nc2sccn12)c1ccccc1. The van der Waals surface area contributed by atoms with Crippen LogP contribution in [0.4, 0.5) is 0 Å². The number of thiazole rings is 1. The van der Waals surface area contributed by atoms with Crippen molar-refractivity contribution < 1.29 is 4.79 Å². The number of carbonyl (C=O) groups is 1. The highest BCUT2D eigenvalue weighted by molar-refractivity contribution is 7.15. The molecule has 0 unspecified atom stereocenters. The van der Waals surface area contributed by atoms with Crippen LogP contribution in [0, 0.1) is 0 Å². The lowest BCUT2D eigenvalue weighted by atomic mass is 10.1. The maximum atomic E-state index is 12.0. The Labute approximate surface area is 118 Å². The highest BCUT2D eigenvalue weighted by Crippen LogP contribution is 2.22. The predicted octanol–water partition coefficient (Wildman–Crippen LogP) is 3.95. The fraction of sp³-hybridized carbons (Fsp3) is 0. The van der Waals surface area contributed by atoms with Gasteiger partial charge >= 0.3 is 0 Å². The molecule has 0 atom stereocenters. The molecular weight excluding hydrogens is 280 g/mol. The van der Waals surface area contributed by atoms with Gasteiger partial charge in [0.05, 0.1) is 5.69 Å². The van der Waals surface area contributed by atoms with Gasteiger partial charge in [0.15, 0.2) is 15.9 Å². The van der Waals surface area contributed by atoms with Gasteiger partial charge in [-0.2, -0.15) is 0 Å². The molecule has 0 bridgehead atoms.